The summed E-state index contributed by atoms with van der Waals surface area (Å²) in [6.45, 7) is 1.36. The lowest BCUT2D eigenvalue weighted by atomic mass is 10.0. The first kappa shape index (κ1) is 22.4. The van der Waals surface area contributed by atoms with Crippen LogP contribution in [-0.4, -0.2) is 19.7 Å². The summed E-state index contributed by atoms with van der Waals surface area (Å²) in [4.78, 5) is -1.14. The molecule has 0 radical (unpaired) electrons. The maximum atomic E-state index is 13.2. The molecule has 1 N–H and O–H groups in total. The third-order valence-corrected chi connectivity index (χ3v) is 5.80. The van der Waals surface area contributed by atoms with Crippen molar-refractivity contribution in [3.05, 3.63) is 64.1 Å². The maximum absolute atomic E-state index is 13.2. The van der Waals surface area contributed by atoms with Crippen molar-refractivity contribution in [3.63, 3.8) is 0 Å². The average molecular weight is 427 g/mol. The van der Waals surface area contributed by atoms with E-state index < -0.39 is 37.5 Å². The largest absolute Gasteiger partial charge is 0.508 e. The van der Waals surface area contributed by atoms with Crippen LogP contribution in [0.3, 0.4) is 0 Å². The number of rotatable bonds is 6. The number of sulfone groups is 1. The van der Waals surface area contributed by atoms with E-state index in [4.69, 9.17) is 0 Å². The lowest BCUT2D eigenvalue weighted by Gasteiger charge is -2.10. The van der Waals surface area contributed by atoms with Gasteiger partial charge in [-0.15, -0.1) is 0 Å². The lowest BCUT2D eigenvalue weighted by molar-refractivity contribution is -0.137. The Kier molecular flexibility index (Phi) is 6.69. The van der Waals surface area contributed by atoms with Crippen LogP contribution in [0.4, 0.5) is 17.6 Å². The van der Waals surface area contributed by atoms with E-state index in [2.05, 4.69) is 0 Å². The molecule has 0 aromatic heterocycles. The summed E-state index contributed by atoms with van der Waals surface area (Å²) in [7, 11) is -4.37. The van der Waals surface area contributed by atoms with E-state index in [1.54, 1.807) is 6.07 Å². The van der Waals surface area contributed by atoms with Gasteiger partial charge in [-0.05, 0) is 73.4 Å². The van der Waals surface area contributed by atoms with Crippen LogP contribution in [0.25, 0.3) is 6.08 Å². The van der Waals surface area contributed by atoms with Crippen LogP contribution in [0.1, 0.15) is 30.0 Å². The molecular weight excluding hydrogens is 410 g/mol. The summed E-state index contributed by atoms with van der Waals surface area (Å²) in [6.07, 6.45) is -4.37. The molecule has 0 spiro atoms. The van der Waals surface area contributed by atoms with Gasteiger partial charge in [-0.1, -0.05) is 6.07 Å². The lowest BCUT2D eigenvalue weighted by Crippen LogP contribution is -2.07. The summed E-state index contributed by atoms with van der Waals surface area (Å²) in [5, 5.41) is 19.0. The number of benzene rings is 2. The summed E-state index contributed by atoms with van der Waals surface area (Å²) in [6, 6.07) is 8.37. The highest BCUT2D eigenvalue weighted by Gasteiger charge is 2.31. The number of allylic oxidation sites excluding steroid dienone is 1. The molecular formula is C20H17F4NO3S. The number of nitrogens with zero attached hydrogens (tertiary/aromatic N) is 1. The zero-order valence-corrected chi connectivity index (χ0v) is 16.1. The van der Waals surface area contributed by atoms with E-state index in [0.717, 1.165) is 18.2 Å². The molecule has 2 rings (SSSR count). The number of aromatic hydroxyl groups is 1. The number of phenolic OH excluding ortho intramolecular Hbond substituents is 1. The molecule has 4 nitrogen and oxygen atoms in total. The molecule has 0 fully saturated rings. The van der Waals surface area contributed by atoms with Crippen LogP contribution >= 0.6 is 0 Å². The molecule has 9 heteroatoms. The Hall–Kier alpha value is -2.86. The van der Waals surface area contributed by atoms with E-state index in [1.165, 1.54) is 25.1 Å². The topological polar surface area (TPSA) is 78.2 Å². The fourth-order valence-corrected chi connectivity index (χ4v) is 3.72. The van der Waals surface area contributed by atoms with Crippen molar-refractivity contribution < 1.29 is 31.1 Å². The van der Waals surface area contributed by atoms with Gasteiger partial charge in [0.2, 0.25) is 9.84 Å². The highest BCUT2D eigenvalue weighted by Crippen LogP contribution is 2.31. The van der Waals surface area contributed by atoms with Gasteiger partial charge in [0.25, 0.3) is 0 Å². The monoisotopic (exact) mass is 427 g/mol. The zero-order chi connectivity index (χ0) is 21.8. The van der Waals surface area contributed by atoms with Crippen molar-refractivity contribution in [1.29, 1.82) is 5.26 Å². The van der Waals surface area contributed by atoms with Crippen molar-refractivity contribution in [2.45, 2.75) is 37.0 Å². The molecule has 2 aromatic rings. The molecule has 0 aliphatic rings. The van der Waals surface area contributed by atoms with Gasteiger partial charge in [0.1, 0.15) is 16.7 Å². The van der Waals surface area contributed by atoms with Crippen molar-refractivity contribution in [3.8, 4) is 11.8 Å². The normalized spacial score (nSPS) is 13.7. The molecule has 154 valence electrons. The molecule has 0 saturated heterocycles. The third kappa shape index (κ3) is 5.57. The minimum absolute atomic E-state index is 0.104. The van der Waals surface area contributed by atoms with Gasteiger partial charge in [0, 0.05) is 0 Å². The zero-order valence-electron chi connectivity index (χ0n) is 15.2. The van der Waals surface area contributed by atoms with Crippen molar-refractivity contribution in [1.82, 2.24) is 0 Å². The minimum atomic E-state index is -4.62. The SMILES string of the molecule is CC(F)CCc1cc(O)ccc1C=C(C#N)S(=O)(=O)c1ccc(C(F)(F)F)cc1. The maximum Gasteiger partial charge on any atom is 0.416 e. The molecule has 0 heterocycles. The van der Waals surface area contributed by atoms with Crippen LogP contribution in [0.2, 0.25) is 0 Å². The van der Waals surface area contributed by atoms with E-state index in [1.807, 2.05) is 0 Å². The Labute approximate surface area is 165 Å². The second-order valence-electron chi connectivity index (χ2n) is 6.35. The van der Waals surface area contributed by atoms with Gasteiger partial charge < -0.3 is 5.11 Å². The van der Waals surface area contributed by atoms with Gasteiger partial charge >= 0.3 is 6.18 Å². The minimum Gasteiger partial charge on any atom is -0.508 e. The number of hydrogen-bond donors (Lipinski definition) is 1. The first-order chi connectivity index (χ1) is 13.4. The summed E-state index contributed by atoms with van der Waals surface area (Å²) < 4.78 is 76.6. The van der Waals surface area contributed by atoms with Crippen LogP contribution in [0, 0.1) is 11.3 Å². The Bertz CT molecular complexity index is 1050. The number of nitriles is 1. The van der Waals surface area contributed by atoms with Crippen molar-refractivity contribution >= 4 is 15.9 Å². The molecule has 1 atom stereocenters. The fraction of sp³-hybridized carbons (Fsp3) is 0.250. The van der Waals surface area contributed by atoms with Crippen molar-refractivity contribution in [2.24, 2.45) is 0 Å². The smallest absolute Gasteiger partial charge is 0.416 e. The molecule has 1 unspecified atom stereocenters. The van der Waals surface area contributed by atoms with Crippen LogP contribution < -0.4 is 0 Å². The number of aryl methyl sites for hydroxylation is 1. The van der Waals surface area contributed by atoms with Gasteiger partial charge in [-0.25, -0.2) is 12.8 Å². The second kappa shape index (κ2) is 8.66. The highest BCUT2D eigenvalue weighted by molar-refractivity contribution is 7.95. The summed E-state index contributed by atoms with van der Waals surface area (Å²) in [5.74, 6) is -0.104. The Morgan fingerprint density at radius 1 is 1.21 bits per heavy atom. The molecule has 0 aliphatic carbocycles. The van der Waals surface area contributed by atoms with E-state index in [-0.39, 0.29) is 24.2 Å². The van der Waals surface area contributed by atoms with Gasteiger partial charge in [-0.2, -0.15) is 18.4 Å². The third-order valence-electron chi connectivity index (χ3n) is 4.12. The van der Waals surface area contributed by atoms with E-state index >= 15 is 0 Å². The molecule has 29 heavy (non-hydrogen) atoms. The fourth-order valence-electron chi connectivity index (χ4n) is 2.57. The molecule has 0 aliphatic heterocycles. The summed E-state index contributed by atoms with van der Waals surface area (Å²) >= 11 is 0. The first-order valence-electron chi connectivity index (χ1n) is 8.45. The Balaban J connectivity index is 2.47. The van der Waals surface area contributed by atoms with Gasteiger partial charge in [-0.3, -0.25) is 0 Å². The Morgan fingerprint density at radius 2 is 1.83 bits per heavy atom. The Morgan fingerprint density at radius 3 is 2.34 bits per heavy atom. The molecule has 0 amide bonds. The molecule has 0 bridgehead atoms. The predicted molar refractivity (Wildman–Crippen MR) is 99.2 cm³/mol. The van der Waals surface area contributed by atoms with Crippen molar-refractivity contribution in [2.75, 3.05) is 0 Å². The van der Waals surface area contributed by atoms with Crippen LogP contribution in [0.5, 0.6) is 5.75 Å². The average Bonchev–Trinajstić information content (AvgIpc) is 2.64. The molecule has 0 saturated carbocycles. The van der Waals surface area contributed by atoms with Crippen LogP contribution in [-0.2, 0) is 22.4 Å². The van der Waals surface area contributed by atoms with Crippen LogP contribution in [0.15, 0.2) is 52.3 Å². The number of phenols is 1. The second-order valence-corrected chi connectivity index (χ2v) is 8.27. The first-order valence-corrected chi connectivity index (χ1v) is 9.93. The predicted octanol–water partition coefficient (Wildman–Crippen LogP) is 5.04. The standard InChI is InChI=1S/C20H17F4NO3S/c1-13(21)2-3-14-10-17(26)7-4-15(14)11-19(12-25)29(27,28)18-8-5-16(6-9-18)20(22,23)24/h4-11,13,26H,2-3H2,1H3. The van der Waals surface area contributed by atoms with Gasteiger partial charge in [0.05, 0.1) is 16.6 Å². The van der Waals surface area contributed by atoms with Gasteiger partial charge in [0.15, 0.2) is 0 Å². The number of hydrogen-bond acceptors (Lipinski definition) is 4. The van der Waals surface area contributed by atoms with E-state index in [0.29, 0.717) is 17.7 Å². The molecule has 2 aromatic carbocycles. The quantitative estimate of drug-likeness (QED) is 0.518. The number of halogens is 4. The van der Waals surface area contributed by atoms with E-state index in [9.17, 15) is 36.3 Å². The number of alkyl halides is 4. The highest BCUT2D eigenvalue weighted by atomic mass is 32.2. The summed E-state index contributed by atoms with van der Waals surface area (Å²) in [5.41, 5.74) is -0.291.